The van der Waals surface area contributed by atoms with E-state index in [2.05, 4.69) is 47.5 Å². The van der Waals surface area contributed by atoms with Gasteiger partial charge >= 0.3 is 0 Å². The van der Waals surface area contributed by atoms with E-state index in [1.807, 2.05) is 24.0 Å². The Hall–Kier alpha value is -3.12. The Morgan fingerprint density at radius 3 is 2.88 bits per heavy atom. The zero-order chi connectivity index (χ0) is 22.7. The van der Waals surface area contributed by atoms with Crippen molar-refractivity contribution in [2.45, 2.75) is 39.2 Å². The number of benzene rings is 1. The van der Waals surface area contributed by atoms with Crippen molar-refractivity contribution < 1.29 is 14.3 Å². The Kier molecular flexibility index (Phi) is 4.80. The van der Waals surface area contributed by atoms with E-state index in [0.717, 1.165) is 49.4 Å². The second-order valence-electron chi connectivity index (χ2n) is 9.70. The first-order chi connectivity index (χ1) is 16.0. The molecule has 6 heteroatoms. The lowest BCUT2D eigenvalue weighted by molar-refractivity contribution is -0.113. The van der Waals surface area contributed by atoms with Gasteiger partial charge in [-0.2, -0.15) is 0 Å². The summed E-state index contributed by atoms with van der Waals surface area (Å²) in [7, 11) is 0. The molecule has 2 saturated heterocycles. The van der Waals surface area contributed by atoms with Crippen LogP contribution in [-0.2, 0) is 9.53 Å². The second-order valence-corrected chi connectivity index (χ2v) is 9.70. The number of hydrogen-bond donors (Lipinski definition) is 1. The maximum absolute atomic E-state index is 13.6. The largest absolute Gasteiger partial charge is 0.381 e. The van der Waals surface area contributed by atoms with Crippen molar-refractivity contribution in [2.75, 3.05) is 30.0 Å². The van der Waals surface area contributed by atoms with Crippen LogP contribution in [-0.4, -0.2) is 42.5 Å². The van der Waals surface area contributed by atoms with Crippen LogP contribution in [0, 0.1) is 18.8 Å². The van der Waals surface area contributed by atoms with Gasteiger partial charge in [0.2, 0.25) is 0 Å². The van der Waals surface area contributed by atoms with Gasteiger partial charge in [-0.05, 0) is 50.8 Å². The molecule has 0 radical (unpaired) electrons. The van der Waals surface area contributed by atoms with Crippen LogP contribution in [0.15, 0.2) is 59.5 Å². The summed E-state index contributed by atoms with van der Waals surface area (Å²) in [6, 6.07) is 4.04. The van der Waals surface area contributed by atoms with Crippen molar-refractivity contribution in [2.24, 2.45) is 11.8 Å². The summed E-state index contributed by atoms with van der Waals surface area (Å²) in [6.45, 7) is 6.28. The highest BCUT2D eigenvalue weighted by atomic mass is 16.5. The minimum absolute atomic E-state index is 0.0367. The Morgan fingerprint density at radius 2 is 2.06 bits per heavy atom. The van der Waals surface area contributed by atoms with Gasteiger partial charge in [0.15, 0.2) is 0 Å². The topological polar surface area (TPSA) is 61.9 Å². The molecule has 2 fully saturated rings. The van der Waals surface area contributed by atoms with E-state index in [-0.39, 0.29) is 23.8 Å². The number of anilines is 2. The van der Waals surface area contributed by atoms with Crippen LogP contribution in [0.5, 0.6) is 0 Å². The van der Waals surface area contributed by atoms with Crippen molar-refractivity contribution in [3.8, 4) is 0 Å². The number of nitrogens with one attached hydrogen (secondary N) is 1. The zero-order valence-corrected chi connectivity index (χ0v) is 19.1. The second kappa shape index (κ2) is 7.73. The maximum Gasteiger partial charge on any atom is 0.272 e. The van der Waals surface area contributed by atoms with Gasteiger partial charge in [-0.3, -0.25) is 9.59 Å². The van der Waals surface area contributed by atoms with Crippen LogP contribution in [0.25, 0.3) is 0 Å². The predicted molar refractivity (Wildman–Crippen MR) is 128 cm³/mol. The third-order valence-corrected chi connectivity index (χ3v) is 7.58. The van der Waals surface area contributed by atoms with Gasteiger partial charge in [0.05, 0.1) is 24.0 Å². The molecule has 1 aromatic carbocycles. The highest BCUT2D eigenvalue weighted by molar-refractivity contribution is 6.14. The minimum Gasteiger partial charge on any atom is -0.381 e. The summed E-state index contributed by atoms with van der Waals surface area (Å²) in [6.07, 6.45) is 13.4. The number of aryl methyl sites for hydroxylation is 1. The molecular weight excluding hydrogens is 414 g/mol. The zero-order valence-electron chi connectivity index (χ0n) is 19.1. The molecular formula is C27H29N3O3. The molecule has 0 saturated carbocycles. The number of likely N-dealkylation sites (tertiary alicyclic amines) is 1. The van der Waals surface area contributed by atoms with E-state index >= 15 is 0 Å². The van der Waals surface area contributed by atoms with E-state index in [9.17, 15) is 9.59 Å². The summed E-state index contributed by atoms with van der Waals surface area (Å²) in [5, 5.41) is 3.04. The lowest BCUT2D eigenvalue weighted by atomic mass is 9.92. The van der Waals surface area contributed by atoms with Gasteiger partial charge < -0.3 is 19.9 Å². The molecule has 2 amide bonds. The molecule has 33 heavy (non-hydrogen) atoms. The van der Waals surface area contributed by atoms with Crippen molar-refractivity contribution >= 4 is 23.2 Å². The minimum atomic E-state index is -0.119. The Labute approximate surface area is 194 Å². The summed E-state index contributed by atoms with van der Waals surface area (Å²) in [5.41, 5.74) is 6.29. The Morgan fingerprint density at radius 1 is 1.18 bits per heavy atom. The first kappa shape index (κ1) is 20.5. The van der Waals surface area contributed by atoms with Crippen molar-refractivity contribution in [1.29, 1.82) is 0 Å². The fourth-order valence-corrected chi connectivity index (χ4v) is 5.89. The molecule has 1 aromatic rings. The van der Waals surface area contributed by atoms with Crippen LogP contribution in [0.1, 0.15) is 42.1 Å². The van der Waals surface area contributed by atoms with E-state index in [4.69, 9.17) is 4.74 Å². The highest BCUT2D eigenvalue weighted by Gasteiger charge is 2.39. The summed E-state index contributed by atoms with van der Waals surface area (Å²) in [5.74, 6) is 0.588. The standard InChI is InChI=1S/C27H29N3O3/c1-16-6-7-22-18(12-16)8-10-29(22)27(32)20-14-21-25(13-17(20)2)30-23(19-9-11-33-15-19)4-3-5-24(30)26(31)28-21/h4-7,12-14,18-19,22H,3,8-11,15H2,1-2H3,(H,28,31). The van der Waals surface area contributed by atoms with E-state index in [1.165, 1.54) is 5.57 Å². The predicted octanol–water partition coefficient (Wildman–Crippen LogP) is 4.31. The molecule has 0 spiro atoms. The summed E-state index contributed by atoms with van der Waals surface area (Å²) >= 11 is 0. The lowest BCUT2D eigenvalue weighted by Crippen LogP contribution is -2.40. The molecule has 1 aliphatic carbocycles. The summed E-state index contributed by atoms with van der Waals surface area (Å²) < 4.78 is 5.64. The van der Waals surface area contributed by atoms with Gasteiger partial charge in [-0.15, -0.1) is 0 Å². The average molecular weight is 444 g/mol. The molecule has 170 valence electrons. The maximum atomic E-state index is 13.6. The van der Waals surface area contributed by atoms with Gasteiger partial charge in [-0.1, -0.05) is 36.0 Å². The van der Waals surface area contributed by atoms with E-state index in [0.29, 0.717) is 29.5 Å². The number of carbonyl (C=O) groups is 2. The van der Waals surface area contributed by atoms with Crippen molar-refractivity contribution in [3.63, 3.8) is 0 Å². The number of ether oxygens (including phenoxy) is 1. The fraction of sp³-hybridized carbons (Fsp3) is 0.407. The van der Waals surface area contributed by atoms with E-state index in [1.54, 1.807) is 0 Å². The van der Waals surface area contributed by atoms with Crippen LogP contribution in [0.4, 0.5) is 11.4 Å². The molecule has 1 N–H and O–H groups in total. The van der Waals surface area contributed by atoms with Gasteiger partial charge in [0, 0.05) is 36.2 Å². The average Bonchev–Trinajstić information content (AvgIpc) is 3.48. The third kappa shape index (κ3) is 3.27. The van der Waals surface area contributed by atoms with Crippen molar-refractivity contribution in [3.05, 3.63) is 70.6 Å². The molecule has 5 aliphatic rings. The lowest BCUT2D eigenvalue weighted by Gasteiger charge is -2.39. The normalized spacial score (nSPS) is 27.9. The first-order valence-corrected chi connectivity index (χ1v) is 11.9. The molecule has 3 unspecified atom stereocenters. The molecule has 0 bridgehead atoms. The van der Waals surface area contributed by atoms with Gasteiger partial charge in [-0.25, -0.2) is 0 Å². The molecule has 4 heterocycles. The number of hydrogen-bond acceptors (Lipinski definition) is 4. The number of allylic oxidation sites excluding steroid dienone is 4. The monoisotopic (exact) mass is 443 g/mol. The van der Waals surface area contributed by atoms with Crippen LogP contribution >= 0.6 is 0 Å². The third-order valence-electron chi connectivity index (χ3n) is 7.58. The van der Waals surface area contributed by atoms with Crippen LogP contribution in [0.2, 0.25) is 0 Å². The van der Waals surface area contributed by atoms with Gasteiger partial charge in [0.25, 0.3) is 11.8 Å². The van der Waals surface area contributed by atoms with Crippen LogP contribution in [0.3, 0.4) is 0 Å². The van der Waals surface area contributed by atoms with Crippen molar-refractivity contribution in [1.82, 2.24) is 4.90 Å². The Bertz CT molecular complexity index is 1170. The molecule has 3 atom stereocenters. The quantitative estimate of drug-likeness (QED) is 0.740. The highest BCUT2D eigenvalue weighted by Crippen LogP contribution is 2.43. The number of carbonyl (C=O) groups excluding carboxylic acids is 2. The van der Waals surface area contributed by atoms with E-state index < -0.39 is 0 Å². The van der Waals surface area contributed by atoms with Gasteiger partial charge in [0.1, 0.15) is 5.70 Å². The van der Waals surface area contributed by atoms with Crippen LogP contribution < -0.4 is 10.2 Å². The SMILES string of the molecule is CC1=CC2CCN(C(=O)c3cc4c(cc3C)N3C(=CCC=C3C3CCOC3)C(=O)N4)C2C=C1. The first-order valence-electron chi connectivity index (χ1n) is 11.9. The molecule has 0 aromatic heterocycles. The number of nitrogens with zero attached hydrogens (tertiary/aromatic N) is 2. The molecule has 4 aliphatic heterocycles. The smallest absolute Gasteiger partial charge is 0.272 e. The Balaban J connectivity index is 1.36. The summed E-state index contributed by atoms with van der Waals surface area (Å²) in [4.78, 5) is 30.7. The number of fused-ring (bicyclic) bond motifs is 4. The number of amides is 2. The molecule has 6 rings (SSSR count). The fourth-order valence-electron chi connectivity index (χ4n) is 5.89. The number of rotatable bonds is 2. The molecule has 6 nitrogen and oxygen atoms in total.